The summed E-state index contributed by atoms with van der Waals surface area (Å²) >= 11 is 0. The fraction of sp³-hybridized carbons (Fsp3) is 0.381. The summed E-state index contributed by atoms with van der Waals surface area (Å²) in [6.45, 7) is 3.45. The highest BCUT2D eigenvalue weighted by Crippen LogP contribution is 2.19. The van der Waals surface area contributed by atoms with Gasteiger partial charge in [0.2, 0.25) is 5.91 Å². The van der Waals surface area contributed by atoms with Gasteiger partial charge in [0.1, 0.15) is 17.7 Å². The Hall–Kier alpha value is -1.73. The van der Waals surface area contributed by atoms with E-state index < -0.39 is 17.7 Å². The lowest BCUT2D eigenvalue weighted by atomic mass is 10.0. The molecule has 4 nitrogen and oxygen atoms in total. The van der Waals surface area contributed by atoms with Gasteiger partial charge < -0.3 is 11.1 Å². The Morgan fingerprint density at radius 3 is 2.41 bits per heavy atom. The predicted molar refractivity (Wildman–Crippen MR) is 115 cm³/mol. The lowest BCUT2D eigenvalue weighted by molar-refractivity contribution is -0.123. The number of halogens is 4. The number of nitrogens with one attached hydrogen (secondary N) is 1. The van der Waals surface area contributed by atoms with Crippen LogP contribution in [0, 0.1) is 18.6 Å². The zero-order valence-corrected chi connectivity index (χ0v) is 17.9. The average Bonchev–Trinajstić information content (AvgIpc) is 2.65. The van der Waals surface area contributed by atoms with Crippen LogP contribution >= 0.6 is 24.8 Å². The molecule has 1 saturated heterocycles. The SMILES string of the molecule is Cc1ccc(C(N)C(=O)NC2CCCN(Cc3c(F)cccc3F)C2)cc1.Cl.Cl. The van der Waals surface area contributed by atoms with E-state index in [2.05, 4.69) is 5.32 Å². The number of carbonyl (C=O) groups is 1. The van der Waals surface area contributed by atoms with Crippen molar-refractivity contribution in [2.75, 3.05) is 13.1 Å². The Bertz CT molecular complexity index is 785. The van der Waals surface area contributed by atoms with Crippen LogP contribution in [0.3, 0.4) is 0 Å². The first-order valence-corrected chi connectivity index (χ1v) is 9.22. The lowest BCUT2D eigenvalue weighted by Gasteiger charge is -2.33. The monoisotopic (exact) mass is 445 g/mol. The minimum absolute atomic E-state index is 0. The van der Waals surface area contributed by atoms with Gasteiger partial charge in [-0.2, -0.15) is 0 Å². The molecule has 2 unspecified atom stereocenters. The van der Waals surface area contributed by atoms with Gasteiger partial charge in [0.25, 0.3) is 0 Å². The average molecular weight is 446 g/mol. The highest BCUT2D eigenvalue weighted by molar-refractivity contribution is 5.85. The van der Waals surface area contributed by atoms with Crippen molar-refractivity contribution in [1.29, 1.82) is 0 Å². The maximum atomic E-state index is 13.9. The molecule has 2 aromatic carbocycles. The molecule has 3 rings (SSSR count). The summed E-state index contributed by atoms with van der Waals surface area (Å²) in [4.78, 5) is 14.5. The van der Waals surface area contributed by atoms with Crippen molar-refractivity contribution >= 4 is 30.7 Å². The standard InChI is InChI=1S/C21H25F2N3O.2ClH/c1-14-7-9-15(10-8-14)20(24)21(27)25-16-4-3-11-26(12-16)13-17-18(22)5-2-6-19(17)23;;/h2,5-10,16,20H,3-4,11-13,24H2,1H3,(H,25,27);2*1H. The maximum absolute atomic E-state index is 13.9. The first-order chi connectivity index (χ1) is 12.9. The summed E-state index contributed by atoms with van der Waals surface area (Å²) < 4.78 is 27.8. The summed E-state index contributed by atoms with van der Waals surface area (Å²) in [6, 6.07) is 10.6. The Morgan fingerprint density at radius 1 is 1.17 bits per heavy atom. The molecule has 2 atom stereocenters. The Labute approximate surface area is 182 Å². The molecular formula is C21H27Cl2F2N3O. The van der Waals surface area contributed by atoms with E-state index in [1.807, 2.05) is 36.1 Å². The van der Waals surface area contributed by atoms with Gasteiger partial charge in [-0.05, 0) is 44.0 Å². The zero-order valence-electron chi connectivity index (χ0n) is 16.2. The fourth-order valence-electron chi connectivity index (χ4n) is 3.44. The number of rotatable bonds is 5. The van der Waals surface area contributed by atoms with Crippen LogP contribution in [0.15, 0.2) is 42.5 Å². The number of nitrogens with zero attached hydrogens (tertiary/aromatic N) is 1. The van der Waals surface area contributed by atoms with E-state index in [9.17, 15) is 13.6 Å². The molecule has 0 aliphatic carbocycles. The molecule has 1 amide bonds. The Kier molecular flexibility index (Phi) is 10.00. The van der Waals surface area contributed by atoms with E-state index in [0.717, 1.165) is 30.5 Å². The molecule has 1 aliphatic rings. The first kappa shape index (κ1) is 25.3. The van der Waals surface area contributed by atoms with Crippen LogP contribution in [-0.2, 0) is 11.3 Å². The third-order valence-electron chi connectivity index (χ3n) is 5.01. The first-order valence-electron chi connectivity index (χ1n) is 9.22. The van der Waals surface area contributed by atoms with Gasteiger partial charge in [0.05, 0.1) is 0 Å². The van der Waals surface area contributed by atoms with Gasteiger partial charge in [-0.25, -0.2) is 8.78 Å². The molecule has 3 N–H and O–H groups in total. The van der Waals surface area contributed by atoms with Crippen LogP contribution in [0.5, 0.6) is 0 Å². The zero-order chi connectivity index (χ0) is 19.4. The fourth-order valence-corrected chi connectivity index (χ4v) is 3.44. The highest BCUT2D eigenvalue weighted by Gasteiger charge is 2.25. The minimum atomic E-state index is -0.731. The number of likely N-dealkylation sites (tertiary alicyclic amines) is 1. The lowest BCUT2D eigenvalue weighted by Crippen LogP contribution is -2.49. The second-order valence-corrected chi connectivity index (χ2v) is 7.17. The molecule has 0 spiro atoms. The van der Waals surface area contributed by atoms with Gasteiger partial charge in [0, 0.05) is 24.7 Å². The van der Waals surface area contributed by atoms with Crippen LogP contribution in [0.2, 0.25) is 0 Å². The number of hydrogen-bond donors (Lipinski definition) is 2. The van der Waals surface area contributed by atoms with Crippen molar-refractivity contribution in [3.63, 3.8) is 0 Å². The van der Waals surface area contributed by atoms with Gasteiger partial charge in [-0.15, -0.1) is 24.8 Å². The second kappa shape index (κ2) is 11.5. The summed E-state index contributed by atoms with van der Waals surface area (Å²) in [5.41, 5.74) is 8.02. The molecule has 2 aromatic rings. The van der Waals surface area contributed by atoms with Gasteiger partial charge >= 0.3 is 0 Å². The van der Waals surface area contributed by atoms with Gasteiger partial charge in [-0.1, -0.05) is 35.9 Å². The van der Waals surface area contributed by atoms with E-state index in [0.29, 0.717) is 6.54 Å². The normalized spacial score (nSPS) is 17.6. The molecule has 0 aromatic heterocycles. The van der Waals surface area contributed by atoms with Crippen molar-refractivity contribution in [3.8, 4) is 0 Å². The largest absolute Gasteiger partial charge is 0.350 e. The van der Waals surface area contributed by atoms with E-state index in [4.69, 9.17) is 5.73 Å². The van der Waals surface area contributed by atoms with Gasteiger partial charge in [-0.3, -0.25) is 9.69 Å². The Morgan fingerprint density at radius 2 is 1.79 bits per heavy atom. The molecule has 160 valence electrons. The third kappa shape index (κ3) is 6.64. The topological polar surface area (TPSA) is 58.4 Å². The van der Waals surface area contributed by atoms with Crippen molar-refractivity contribution in [3.05, 3.63) is 70.8 Å². The number of carbonyl (C=O) groups excluding carboxylic acids is 1. The number of amides is 1. The van der Waals surface area contributed by atoms with Crippen molar-refractivity contribution in [2.24, 2.45) is 5.73 Å². The molecule has 1 aliphatic heterocycles. The van der Waals surface area contributed by atoms with E-state index >= 15 is 0 Å². The highest BCUT2D eigenvalue weighted by atomic mass is 35.5. The quantitative estimate of drug-likeness (QED) is 0.733. The molecular weight excluding hydrogens is 419 g/mol. The van der Waals surface area contributed by atoms with Crippen LogP contribution in [0.1, 0.15) is 35.6 Å². The van der Waals surface area contributed by atoms with E-state index in [-0.39, 0.29) is 48.9 Å². The van der Waals surface area contributed by atoms with Gasteiger partial charge in [0.15, 0.2) is 0 Å². The van der Waals surface area contributed by atoms with Crippen molar-refractivity contribution in [1.82, 2.24) is 10.2 Å². The molecule has 1 fully saturated rings. The van der Waals surface area contributed by atoms with Crippen molar-refractivity contribution in [2.45, 2.75) is 38.4 Å². The molecule has 0 saturated carbocycles. The second-order valence-electron chi connectivity index (χ2n) is 7.17. The summed E-state index contributed by atoms with van der Waals surface area (Å²) in [7, 11) is 0. The molecule has 8 heteroatoms. The van der Waals surface area contributed by atoms with E-state index in [1.54, 1.807) is 0 Å². The number of benzene rings is 2. The van der Waals surface area contributed by atoms with Crippen LogP contribution in [0.25, 0.3) is 0 Å². The smallest absolute Gasteiger partial charge is 0.241 e. The number of nitrogens with two attached hydrogens (primary N) is 1. The third-order valence-corrected chi connectivity index (χ3v) is 5.01. The molecule has 0 bridgehead atoms. The summed E-state index contributed by atoms with van der Waals surface area (Å²) in [6.07, 6.45) is 1.67. The van der Waals surface area contributed by atoms with E-state index in [1.165, 1.54) is 18.2 Å². The molecule has 0 radical (unpaired) electrons. The van der Waals surface area contributed by atoms with Crippen LogP contribution in [0.4, 0.5) is 8.78 Å². The van der Waals surface area contributed by atoms with Crippen LogP contribution in [-0.4, -0.2) is 29.9 Å². The molecule has 1 heterocycles. The maximum Gasteiger partial charge on any atom is 0.241 e. The molecule has 29 heavy (non-hydrogen) atoms. The number of piperidine rings is 1. The summed E-state index contributed by atoms with van der Waals surface area (Å²) in [5.74, 6) is -1.31. The van der Waals surface area contributed by atoms with Crippen molar-refractivity contribution < 1.29 is 13.6 Å². The van der Waals surface area contributed by atoms with Crippen LogP contribution < -0.4 is 11.1 Å². The summed E-state index contributed by atoms with van der Waals surface area (Å²) in [5, 5.41) is 2.98. The predicted octanol–water partition coefficient (Wildman–Crippen LogP) is 3.90. The number of aryl methyl sites for hydroxylation is 1. The Balaban J connectivity index is 0.00000210. The minimum Gasteiger partial charge on any atom is -0.350 e. The number of hydrogen-bond acceptors (Lipinski definition) is 3.